The number of alkyl halides is 1. The summed E-state index contributed by atoms with van der Waals surface area (Å²) in [5.41, 5.74) is 0.751. The summed E-state index contributed by atoms with van der Waals surface area (Å²) in [6.45, 7) is 1.99. The lowest BCUT2D eigenvalue weighted by molar-refractivity contribution is -0.383. The van der Waals surface area contributed by atoms with Gasteiger partial charge >= 0.3 is 5.97 Å². The number of nitrogens with one attached hydrogen (secondary N) is 1. The highest BCUT2D eigenvalue weighted by molar-refractivity contribution is 5.76. The SMILES string of the molecule is CCC[C@@H](O)[C@H](CCC1OC2C(OC(=O)CCc3ccccc3)OC2C(O)C1O)NC(=O)CCCCCCCCCCCCCCCCCCCCCCCC12CC(F)(C1)C2. The number of benzene rings is 1. The highest BCUT2D eigenvalue weighted by atomic mass is 19.1. The molecule has 2 bridgehead atoms. The number of unbranched alkanes of at least 4 members (excludes halogenated alkanes) is 20. The molecule has 0 radical (unpaired) electrons. The molecule has 61 heavy (non-hydrogen) atoms. The van der Waals surface area contributed by atoms with Crippen molar-refractivity contribution in [2.45, 2.75) is 267 Å². The zero-order valence-electron chi connectivity index (χ0n) is 37.9. The second kappa shape index (κ2) is 26.6. The predicted octanol–water partition coefficient (Wildman–Crippen LogP) is 10.7. The zero-order chi connectivity index (χ0) is 43.3. The van der Waals surface area contributed by atoms with Gasteiger partial charge in [0.05, 0.1) is 18.2 Å². The summed E-state index contributed by atoms with van der Waals surface area (Å²) >= 11 is 0. The molecule has 9 nitrogen and oxygen atoms in total. The van der Waals surface area contributed by atoms with E-state index in [0.717, 1.165) is 50.5 Å². The van der Waals surface area contributed by atoms with Gasteiger partial charge in [0.25, 0.3) is 0 Å². The fraction of sp³-hybridized carbons (Fsp3) is 0.843. The van der Waals surface area contributed by atoms with E-state index in [1.165, 1.54) is 122 Å². The molecular formula is C51H84FNO8. The first-order chi connectivity index (χ1) is 29.6. The Bertz CT molecular complexity index is 1360. The number of amides is 1. The quantitative estimate of drug-likeness (QED) is 0.0392. The van der Waals surface area contributed by atoms with Crippen LogP contribution in [0.25, 0.3) is 0 Å². The number of fused-ring (bicyclic) bond motifs is 1. The third-order valence-corrected chi connectivity index (χ3v) is 14.3. The normalized spacial score (nSPS) is 28.5. The van der Waals surface area contributed by atoms with Crippen molar-refractivity contribution in [1.82, 2.24) is 5.32 Å². The Morgan fingerprint density at radius 2 is 1.25 bits per heavy atom. The van der Waals surface area contributed by atoms with E-state index in [0.29, 0.717) is 37.5 Å². The van der Waals surface area contributed by atoms with Crippen LogP contribution in [0, 0.1) is 5.41 Å². The first kappa shape index (κ1) is 49.9. The van der Waals surface area contributed by atoms with Crippen LogP contribution in [0.15, 0.2) is 30.3 Å². The van der Waals surface area contributed by atoms with E-state index in [1.54, 1.807) is 0 Å². The summed E-state index contributed by atoms with van der Waals surface area (Å²) in [4.78, 5) is 25.5. The molecule has 348 valence electrons. The van der Waals surface area contributed by atoms with E-state index in [-0.39, 0.29) is 12.3 Å². The third kappa shape index (κ3) is 16.8. The molecule has 1 amide bonds. The molecule has 0 spiro atoms. The molecule has 4 N–H and O–H groups in total. The Kier molecular flexibility index (Phi) is 21.8. The second-order valence-corrected chi connectivity index (χ2v) is 19.8. The number of hydrogen-bond donors (Lipinski definition) is 4. The van der Waals surface area contributed by atoms with Gasteiger partial charge in [-0.1, -0.05) is 172 Å². The number of ether oxygens (including phenoxy) is 3. The Balaban J connectivity index is 0.808. The van der Waals surface area contributed by atoms with Gasteiger partial charge in [0.2, 0.25) is 12.2 Å². The monoisotopic (exact) mass is 858 g/mol. The van der Waals surface area contributed by atoms with Crippen LogP contribution in [-0.2, 0) is 30.2 Å². The fourth-order valence-corrected chi connectivity index (χ4v) is 10.7. The minimum Gasteiger partial charge on any atom is -0.433 e. The first-order valence-electron chi connectivity index (χ1n) is 25.2. The van der Waals surface area contributed by atoms with Crippen molar-refractivity contribution in [2.24, 2.45) is 5.41 Å². The van der Waals surface area contributed by atoms with Gasteiger partial charge in [-0.15, -0.1) is 0 Å². The third-order valence-electron chi connectivity index (χ3n) is 14.3. The first-order valence-corrected chi connectivity index (χ1v) is 25.2. The molecule has 5 fully saturated rings. The lowest BCUT2D eigenvalue weighted by atomic mass is 9.41. The molecule has 6 unspecified atom stereocenters. The molecule has 0 aromatic heterocycles. The molecule has 6 rings (SSSR count). The minimum atomic E-state index is -1.20. The highest BCUT2D eigenvalue weighted by Gasteiger charge is 2.68. The van der Waals surface area contributed by atoms with E-state index >= 15 is 0 Å². The van der Waals surface area contributed by atoms with Gasteiger partial charge in [-0.2, -0.15) is 0 Å². The van der Waals surface area contributed by atoms with Crippen LogP contribution in [0.5, 0.6) is 0 Å². The number of aliphatic hydroxyl groups is 3. The second-order valence-electron chi connectivity index (χ2n) is 19.8. The molecule has 2 saturated heterocycles. The zero-order valence-corrected chi connectivity index (χ0v) is 37.9. The molecule has 2 aliphatic heterocycles. The molecule has 5 aliphatic rings. The lowest BCUT2D eigenvalue weighted by Crippen LogP contribution is -2.70. The van der Waals surface area contributed by atoms with Gasteiger partial charge in [0.15, 0.2) is 0 Å². The number of halogens is 1. The number of aryl methyl sites for hydroxylation is 1. The summed E-state index contributed by atoms with van der Waals surface area (Å²) in [5.74, 6) is -0.502. The maximum Gasteiger partial charge on any atom is 0.308 e. The van der Waals surface area contributed by atoms with Crippen LogP contribution in [0.3, 0.4) is 0 Å². The van der Waals surface area contributed by atoms with Crippen molar-refractivity contribution in [2.75, 3.05) is 0 Å². The highest BCUT2D eigenvalue weighted by Crippen LogP contribution is 2.71. The Hall–Kier alpha value is -2.11. The smallest absolute Gasteiger partial charge is 0.308 e. The number of carbonyl (C=O) groups excluding carboxylic acids is 2. The largest absolute Gasteiger partial charge is 0.433 e. The Morgan fingerprint density at radius 3 is 1.77 bits per heavy atom. The van der Waals surface area contributed by atoms with E-state index in [1.807, 2.05) is 37.3 Å². The molecule has 2 heterocycles. The van der Waals surface area contributed by atoms with Gasteiger partial charge in [-0.3, -0.25) is 9.59 Å². The van der Waals surface area contributed by atoms with Gasteiger partial charge in [-0.05, 0) is 68.8 Å². The van der Waals surface area contributed by atoms with Crippen molar-refractivity contribution in [1.29, 1.82) is 0 Å². The number of esters is 1. The topological polar surface area (TPSA) is 135 Å². The van der Waals surface area contributed by atoms with Crippen molar-refractivity contribution in [3.63, 3.8) is 0 Å². The van der Waals surface area contributed by atoms with Gasteiger partial charge in [0.1, 0.15) is 30.1 Å². The molecular weight excluding hydrogens is 774 g/mol. The van der Waals surface area contributed by atoms with Crippen molar-refractivity contribution < 1.29 is 43.5 Å². The van der Waals surface area contributed by atoms with Crippen LogP contribution in [-0.4, -0.2) is 81.8 Å². The van der Waals surface area contributed by atoms with Crippen molar-refractivity contribution in [3.8, 4) is 0 Å². The standard InChI is InChI=1S/C51H84FNO8/c1-2-27-41(54)40(32-33-42-45(57)46(58)47-48(59-42)49(61-47)60-44(56)34-31-39-28-23-22-24-29-39)53-43(55)30-25-20-18-16-14-12-10-8-6-4-3-5-7-9-11-13-15-17-19-21-26-35-50-36-51(52,37-50)38-50/h22-24,28-29,40-42,45-49,54,57-58H,2-21,25-27,30-38H2,1H3,(H,53,55)/t40-,41+,42?,45?,46?,47?,48?,49?,50?,51?/m0/s1. The maximum absolute atomic E-state index is 13.6. The summed E-state index contributed by atoms with van der Waals surface area (Å²) in [6.07, 6.45) is 27.9. The summed E-state index contributed by atoms with van der Waals surface area (Å²) in [6, 6.07) is 9.16. The summed E-state index contributed by atoms with van der Waals surface area (Å²) in [7, 11) is 0. The van der Waals surface area contributed by atoms with Gasteiger partial charge in [0, 0.05) is 12.8 Å². The Morgan fingerprint density at radius 1 is 0.721 bits per heavy atom. The average molecular weight is 858 g/mol. The average Bonchev–Trinajstić information content (AvgIpc) is 3.22. The van der Waals surface area contributed by atoms with Crippen molar-refractivity contribution in [3.05, 3.63) is 35.9 Å². The van der Waals surface area contributed by atoms with Crippen molar-refractivity contribution >= 4 is 11.9 Å². The lowest BCUT2D eigenvalue weighted by Gasteiger charge is -2.66. The number of aliphatic hydroxyl groups excluding tert-OH is 3. The van der Waals surface area contributed by atoms with Crippen LogP contribution in [0.4, 0.5) is 4.39 Å². The van der Waals surface area contributed by atoms with Crippen LogP contribution in [0.2, 0.25) is 0 Å². The number of carbonyl (C=O) groups is 2. The van der Waals surface area contributed by atoms with Crippen LogP contribution < -0.4 is 5.32 Å². The van der Waals surface area contributed by atoms with Gasteiger partial charge in [-0.25, -0.2) is 4.39 Å². The fourth-order valence-electron chi connectivity index (χ4n) is 10.7. The summed E-state index contributed by atoms with van der Waals surface area (Å²) < 4.78 is 30.8. The van der Waals surface area contributed by atoms with Crippen LogP contribution >= 0.6 is 0 Å². The minimum absolute atomic E-state index is 0.0765. The van der Waals surface area contributed by atoms with Crippen LogP contribution in [0.1, 0.15) is 212 Å². The molecule has 1 aromatic carbocycles. The number of rotatable bonds is 35. The van der Waals surface area contributed by atoms with Gasteiger partial charge < -0.3 is 34.8 Å². The molecule has 10 heteroatoms. The molecule has 3 aliphatic carbocycles. The molecule has 1 aromatic rings. The van der Waals surface area contributed by atoms with E-state index in [2.05, 4.69) is 5.32 Å². The Labute approximate surface area is 368 Å². The van der Waals surface area contributed by atoms with E-state index in [4.69, 9.17) is 14.2 Å². The number of hydrogen-bond acceptors (Lipinski definition) is 8. The molecule has 3 saturated carbocycles. The predicted molar refractivity (Wildman–Crippen MR) is 239 cm³/mol. The molecule has 8 atom stereocenters. The maximum atomic E-state index is 13.6. The van der Waals surface area contributed by atoms with E-state index in [9.17, 15) is 29.3 Å². The summed E-state index contributed by atoms with van der Waals surface area (Å²) in [5, 5.41) is 35.5. The van der Waals surface area contributed by atoms with E-state index < -0.39 is 60.6 Å².